The van der Waals surface area contributed by atoms with Crippen LogP contribution in [-0.4, -0.2) is 110 Å². The van der Waals surface area contributed by atoms with Crippen LogP contribution in [0.3, 0.4) is 0 Å². The second kappa shape index (κ2) is 10.9. The van der Waals surface area contributed by atoms with Crippen LogP contribution in [0.2, 0.25) is 0 Å². The monoisotopic (exact) mass is 425 g/mol. The van der Waals surface area contributed by atoms with Crippen LogP contribution in [0.5, 0.6) is 0 Å². The standard InChI is InChI=1S/C18H35NO10/c1-8(22)19-12-15(27)14(26)11(7-21)28-17(12)29-16(13(25)10(24)6-20)9(23)5-18(2,3)4/h9-17,20-21,23-27H,5-7H2,1-4H3,(H,19,22)/t9-,10-,11-,12-,13-,14-,15-,16-,17+/m1/s1. The number of rotatable bonds is 9. The first-order valence-electron chi connectivity index (χ1n) is 9.52. The molecule has 29 heavy (non-hydrogen) atoms. The molecule has 9 atom stereocenters. The van der Waals surface area contributed by atoms with Gasteiger partial charge in [-0.1, -0.05) is 20.8 Å². The van der Waals surface area contributed by atoms with E-state index in [0.29, 0.717) is 0 Å². The van der Waals surface area contributed by atoms with E-state index in [1.807, 2.05) is 20.8 Å². The number of amides is 1. The molecule has 1 fully saturated rings. The lowest BCUT2D eigenvalue weighted by atomic mass is 9.85. The van der Waals surface area contributed by atoms with E-state index in [2.05, 4.69) is 5.32 Å². The van der Waals surface area contributed by atoms with Gasteiger partial charge in [-0.2, -0.15) is 0 Å². The van der Waals surface area contributed by atoms with E-state index in [1.165, 1.54) is 6.92 Å². The minimum absolute atomic E-state index is 0.138. The van der Waals surface area contributed by atoms with E-state index in [1.54, 1.807) is 0 Å². The Kier molecular flexibility index (Phi) is 9.86. The summed E-state index contributed by atoms with van der Waals surface area (Å²) in [5.74, 6) is -0.566. The van der Waals surface area contributed by atoms with Gasteiger partial charge in [0.05, 0.1) is 19.3 Å². The van der Waals surface area contributed by atoms with E-state index in [0.717, 1.165) is 0 Å². The fraction of sp³-hybridized carbons (Fsp3) is 0.944. The third kappa shape index (κ3) is 7.39. The highest BCUT2D eigenvalue weighted by atomic mass is 16.7. The Morgan fingerprint density at radius 3 is 2.14 bits per heavy atom. The first-order chi connectivity index (χ1) is 13.3. The van der Waals surface area contributed by atoms with Crippen molar-refractivity contribution in [3.63, 3.8) is 0 Å². The molecule has 1 amide bonds. The van der Waals surface area contributed by atoms with Crippen molar-refractivity contribution in [1.29, 1.82) is 0 Å². The first-order valence-corrected chi connectivity index (χ1v) is 9.52. The second-order valence-corrected chi connectivity index (χ2v) is 8.61. The fourth-order valence-electron chi connectivity index (χ4n) is 3.21. The number of carbonyl (C=O) groups excluding carboxylic acids is 1. The minimum Gasteiger partial charge on any atom is -0.394 e. The molecule has 11 nitrogen and oxygen atoms in total. The summed E-state index contributed by atoms with van der Waals surface area (Å²) in [4.78, 5) is 11.5. The van der Waals surface area contributed by atoms with Crippen LogP contribution in [0.25, 0.3) is 0 Å². The number of ether oxygens (including phenoxy) is 2. The maximum Gasteiger partial charge on any atom is 0.217 e. The molecule has 1 rings (SSSR count). The molecule has 0 aliphatic carbocycles. The lowest BCUT2D eigenvalue weighted by Crippen LogP contribution is -2.66. The summed E-state index contributed by atoms with van der Waals surface area (Å²) in [6, 6.07) is -1.28. The van der Waals surface area contributed by atoms with Gasteiger partial charge in [-0.15, -0.1) is 0 Å². The summed E-state index contributed by atoms with van der Waals surface area (Å²) in [7, 11) is 0. The number of hydrogen-bond acceptors (Lipinski definition) is 10. The highest BCUT2D eigenvalue weighted by molar-refractivity contribution is 5.73. The zero-order valence-electron chi connectivity index (χ0n) is 17.2. The van der Waals surface area contributed by atoms with Gasteiger partial charge in [0.1, 0.15) is 42.7 Å². The van der Waals surface area contributed by atoms with Gasteiger partial charge in [-0.25, -0.2) is 0 Å². The predicted molar refractivity (Wildman–Crippen MR) is 99.4 cm³/mol. The van der Waals surface area contributed by atoms with E-state index in [-0.39, 0.29) is 6.42 Å². The summed E-state index contributed by atoms with van der Waals surface area (Å²) < 4.78 is 11.1. The van der Waals surface area contributed by atoms with Crippen LogP contribution in [0, 0.1) is 5.41 Å². The van der Waals surface area contributed by atoms with Crippen molar-refractivity contribution in [2.75, 3.05) is 13.2 Å². The third-order valence-corrected chi connectivity index (χ3v) is 4.66. The van der Waals surface area contributed by atoms with Crippen molar-refractivity contribution in [3.8, 4) is 0 Å². The van der Waals surface area contributed by atoms with Gasteiger partial charge in [0, 0.05) is 6.92 Å². The van der Waals surface area contributed by atoms with Crippen LogP contribution in [0.4, 0.5) is 0 Å². The Hall–Kier alpha value is -0.890. The molecule has 1 saturated heterocycles. The lowest BCUT2D eigenvalue weighted by Gasteiger charge is -2.44. The van der Waals surface area contributed by atoms with Gasteiger partial charge in [0.2, 0.25) is 5.91 Å². The summed E-state index contributed by atoms with van der Waals surface area (Å²) in [5, 5.41) is 72.2. The van der Waals surface area contributed by atoms with Crippen LogP contribution < -0.4 is 5.32 Å². The van der Waals surface area contributed by atoms with Crippen molar-refractivity contribution in [2.45, 2.75) is 89.2 Å². The Morgan fingerprint density at radius 2 is 1.69 bits per heavy atom. The first kappa shape index (κ1) is 26.1. The van der Waals surface area contributed by atoms with Crippen LogP contribution >= 0.6 is 0 Å². The SMILES string of the molecule is CC(=O)N[C@H]1[C@H](O[C@@H]([C@H](O)[C@H](O)CO)[C@H](O)CC(C)(C)C)O[C@H](CO)[C@@H](O)[C@@H]1O. The molecule has 0 aromatic rings. The van der Waals surface area contributed by atoms with Gasteiger partial charge in [0.25, 0.3) is 0 Å². The predicted octanol–water partition coefficient (Wildman–Crippen LogP) is -3.17. The van der Waals surface area contributed by atoms with Gasteiger partial charge in [-0.3, -0.25) is 4.79 Å². The average molecular weight is 425 g/mol. The highest BCUT2D eigenvalue weighted by Gasteiger charge is 2.48. The van der Waals surface area contributed by atoms with E-state index < -0.39 is 79.6 Å². The Balaban J connectivity index is 3.17. The maximum absolute atomic E-state index is 11.5. The Bertz CT molecular complexity index is 513. The molecule has 1 aliphatic heterocycles. The molecule has 0 aromatic carbocycles. The normalized spacial score (nSPS) is 32.3. The third-order valence-electron chi connectivity index (χ3n) is 4.66. The molecule has 0 spiro atoms. The van der Waals surface area contributed by atoms with Crippen molar-refractivity contribution >= 4 is 5.91 Å². The van der Waals surface area contributed by atoms with Crippen LogP contribution in [0.1, 0.15) is 34.1 Å². The molecule has 172 valence electrons. The van der Waals surface area contributed by atoms with Crippen molar-refractivity contribution in [1.82, 2.24) is 5.32 Å². The van der Waals surface area contributed by atoms with Gasteiger partial charge >= 0.3 is 0 Å². The molecular weight excluding hydrogens is 390 g/mol. The fourth-order valence-corrected chi connectivity index (χ4v) is 3.21. The molecule has 11 heteroatoms. The number of nitrogens with one attached hydrogen (secondary N) is 1. The molecule has 0 radical (unpaired) electrons. The highest BCUT2D eigenvalue weighted by Crippen LogP contribution is 2.29. The zero-order valence-corrected chi connectivity index (χ0v) is 17.2. The molecule has 0 saturated carbocycles. The maximum atomic E-state index is 11.5. The van der Waals surface area contributed by atoms with E-state index in [9.17, 15) is 35.4 Å². The number of carbonyl (C=O) groups is 1. The molecular formula is C18H35NO10. The molecule has 0 unspecified atom stereocenters. The van der Waals surface area contributed by atoms with Crippen molar-refractivity contribution in [3.05, 3.63) is 0 Å². The van der Waals surface area contributed by atoms with E-state index in [4.69, 9.17) is 14.6 Å². The zero-order chi connectivity index (χ0) is 22.5. The molecule has 0 bridgehead atoms. The minimum atomic E-state index is -1.73. The summed E-state index contributed by atoms with van der Waals surface area (Å²) in [5.41, 5.74) is -0.390. The molecule has 1 aliphatic rings. The van der Waals surface area contributed by atoms with Crippen LogP contribution in [-0.2, 0) is 14.3 Å². The summed E-state index contributed by atoms with van der Waals surface area (Å²) in [6.45, 7) is 5.21. The number of aliphatic hydroxyl groups excluding tert-OH is 7. The van der Waals surface area contributed by atoms with Crippen molar-refractivity contribution in [2.24, 2.45) is 5.41 Å². The topological polar surface area (TPSA) is 189 Å². The average Bonchev–Trinajstić information content (AvgIpc) is 2.61. The van der Waals surface area contributed by atoms with E-state index >= 15 is 0 Å². The quantitative estimate of drug-likeness (QED) is 0.187. The Morgan fingerprint density at radius 1 is 1.10 bits per heavy atom. The summed E-state index contributed by atoms with van der Waals surface area (Å²) >= 11 is 0. The largest absolute Gasteiger partial charge is 0.394 e. The molecule has 8 N–H and O–H groups in total. The van der Waals surface area contributed by atoms with Gasteiger partial charge in [0.15, 0.2) is 6.29 Å². The van der Waals surface area contributed by atoms with Crippen molar-refractivity contribution < 1.29 is 50.0 Å². The van der Waals surface area contributed by atoms with Crippen LogP contribution in [0.15, 0.2) is 0 Å². The number of hydrogen-bond donors (Lipinski definition) is 8. The Labute approximate surface area is 169 Å². The number of aliphatic hydroxyl groups is 7. The second-order valence-electron chi connectivity index (χ2n) is 8.61. The smallest absolute Gasteiger partial charge is 0.217 e. The van der Waals surface area contributed by atoms with Gasteiger partial charge < -0.3 is 50.5 Å². The molecule has 1 heterocycles. The van der Waals surface area contributed by atoms with Gasteiger partial charge in [-0.05, 0) is 11.8 Å². The summed E-state index contributed by atoms with van der Waals surface area (Å²) in [6.07, 6.45) is -11.8. The lowest BCUT2D eigenvalue weighted by molar-refractivity contribution is -0.302. The molecule has 0 aromatic heterocycles.